The van der Waals surface area contributed by atoms with Crippen molar-refractivity contribution < 1.29 is 48.0 Å². The van der Waals surface area contributed by atoms with E-state index in [-0.39, 0.29) is 58.1 Å². The first kappa shape index (κ1) is 64.0. The molecule has 5 atom stereocenters. The zero-order valence-corrected chi connectivity index (χ0v) is 54.0. The van der Waals surface area contributed by atoms with Gasteiger partial charge in [0.15, 0.2) is 22.5 Å². The zero-order valence-electron chi connectivity index (χ0n) is 53.2. The molecular weight excluding hydrogens is 1190 g/mol. The molecule has 0 spiro atoms. The molecule has 4 N–H and O–H groups in total. The normalized spacial score (nSPS) is 22.5. The maximum absolute atomic E-state index is 13.4. The molecule has 6 aliphatic rings. The van der Waals surface area contributed by atoms with Gasteiger partial charge in [0.25, 0.3) is 11.8 Å². The first-order valence-electron chi connectivity index (χ1n) is 31.8. The number of anilines is 5. The number of unbranched alkanes of at least 4 members (excludes halogenated alkanes) is 2. The number of carbonyl (C=O) groups is 5. The van der Waals surface area contributed by atoms with E-state index in [1.165, 1.54) is 17.8 Å². The number of para-hydroxylation sites is 1. The maximum Gasteiger partial charge on any atom is 0.355 e. The number of hydrogen-bond donors (Lipinski definition) is 4. The van der Waals surface area contributed by atoms with Gasteiger partial charge in [-0.3, -0.25) is 38.8 Å². The predicted molar refractivity (Wildman–Crippen MR) is 344 cm³/mol. The third kappa shape index (κ3) is 14.0. The fourth-order valence-corrected chi connectivity index (χ4v) is 16.5. The Morgan fingerprint density at radius 3 is 2.34 bits per heavy atom. The highest BCUT2D eigenvalue weighted by Gasteiger charge is 2.66. The number of imide groups is 2. The summed E-state index contributed by atoms with van der Waals surface area (Å²) in [6.45, 7) is 14.6. The molecule has 4 saturated carbocycles. The van der Waals surface area contributed by atoms with E-state index in [0.29, 0.717) is 105 Å². The van der Waals surface area contributed by atoms with Gasteiger partial charge in [0, 0.05) is 61.7 Å². The third-order valence-electron chi connectivity index (χ3n) is 18.5. The average Bonchev–Trinajstić information content (AvgIpc) is 0.918. The van der Waals surface area contributed by atoms with Crippen molar-refractivity contribution in [2.75, 3.05) is 88.9 Å². The number of nitrogens with one attached hydrogen (secondary N) is 3. The molecule has 1 saturated heterocycles. The number of benzene rings is 2. The largest absolute Gasteiger partial charge is 0.476 e. The van der Waals surface area contributed by atoms with Gasteiger partial charge in [-0.05, 0) is 156 Å². The molecule has 5 fully saturated rings. The van der Waals surface area contributed by atoms with Crippen LogP contribution in [-0.2, 0) is 48.2 Å². The van der Waals surface area contributed by atoms with Crippen molar-refractivity contribution in [2.45, 2.75) is 130 Å². The first-order valence-corrected chi connectivity index (χ1v) is 32.6. The number of fused-ring (bicyclic) bond motifs is 2. The number of rotatable bonds is 31. The SMILES string of the molecule is Cc1cc(N(CCCCCn2cc(COCCOCCOCCNc3cccc4c3C(=O)N(C3CCC(=O)NC3=O)C4=O)nn2)c2ccc(-c3cnn(CC45CC6(OCCN(C)C)C[C@](C)(C4)C[C@](C)(C5)C6)c3C)c(C(=O)O)n2)nnc1Nc1nc2ccccc2s1. The molecule has 7 heterocycles. The van der Waals surface area contributed by atoms with E-state index in [1.807, 2.05) is 67.4 Å². The summed E-state index contributed by atoms with van der Waals surface area (Å²) < 4.78 is 29.1. The molecule has 4 aliphatic carbocycles. The van der Waals surface area contributed by atoms with Crippen molar-refractivity contribution in [3.63, 3.8) is 0 Å². The Morgan fingerprint density at radius 2 is 1.58 bits per heavy atom. The number of aryl methyl sites for hydroxylation is 2. The molecule has 26 heteroatoms. The average molecular weight is 1280 g/mol. The van der Waals surface area contributed by atoms with E-state index in [1.54, 1.807) is 29.1 Å². The van der Waals surface area contributed by atoms with Crippen molar-refractivity contribution in [3.05, 3.63) is 107 Å². The van der Waals surface area contributed by atoms with Gasteiger partial charge in [-0.2, -0.15) is 5.10 Å². The number of aromatic nitrogens is 9. The molecule has 5 aromatic heterocycles. The van der Waals surface area contributed by atoms with Crippen molar-refractivity contribution in [1.29, 1.82) is 0 Å². The first-order chi connectivity index (χ1) is 44.3. The number of hydrogen-bond acceptors (Lipinski definition) is 21. The summed E-state index contributed by atoms with van der Waals surface area (Å²) >= 11 is 1.53. The lowest BCUT2D eigenvalue weighted by atomic mass is 9.39. The van der Waals surface area contributed by atoms with Crippen LogP contribution in [-0.4, -0.2) is 174 Å². The minimum absolute atomic E-state index is 0.00947. The summed E-state index contributed by atoms with van der Waals surface area (Å²) in [4.78, 5) is 78.7. The molecule has 25 nitrogen and oxygen atoms in total. The summed E-state index contributed by atoms with van der Waals surface area (Å²) in [5.41, 5.74) is 5.58. The van der Waals surface area contributed by atoms with Crippen molar-refractivity contribution in [3.8, 4) is 11.1 Å². The molecule has 2 aliphatic heterocycles. The highest BCUT2D eigenvalue weighted by molar-refractivity contribution is 7.22. The number of pyridine rings is 1. The van der Waals surface area contributed by atoms with Crippen LogP contribution in [0.5, 0.6) is 0 Å². The van der Waals surface area contributed by atoms with E-state index < -0.39 is 35.6 Å². The standard InChI is InChI=1S/C66H81N15O10S/c1-42-31-53(74-75-57(42)72-62-69-48-14-8-9-16-51(48)92-62)79(52-19-17-45(56(70-52)61(86)87)47-32-68-80(43(47)2)41-65-36-63(3)35-64(4,37-65)39-66(38-63,40-65)91-26-24-77(5)6)23-11-7-10-22-78-33-44(73-76-78)34-90-30-29-89-28-27-88-25-21-67-49-15-12-13-46-55(49)60(85)81(59(46)84)50-18-20-54(82)71-58(50)83/h8-9,12-17,19,31-33,50,67H,7,10-11,18,20-30,34-41H2,1-6H3,(H,86,87)(H,69,72,75)(H,71,82,83)/t50?,63-,64+,65?,66?. The number of carboxylic acid groups (broad SMARTS) is 1. The second kappa shape index (κ2) is 26.8. The summed E-state index contributed by atoms with van der Waals surface area (Å²) in [6.07, 6.45) is 12.7. The lowest BCUT2D eigenvalue weighted by Gasteiger charge is -2.69. The van der Waals surface area contributed by atoms with Gasteiger partial charge in [0.2, 0.25) is 11.8 Å². The highest BCUT2D eigenvalue weighted by atomic mass is 32.1. The van der Waals surface area contributed by atoms with E-state index in [0.717, 1.165) is 90.0 Å². The second-order valence-corrected chi connectivity index (χ2v) is 27.6. The number of nitrogens with zero attached hydrogens (tertiary/aromatic N) is 12. The van der Waals surface area contributed by atoms with Crippen LogP contribution >= 0.6 is 11.3 Å². The Balaban J connectivity index is 0.628. The summed E-state index contributed by atoms with van der Waals surface area (Å²) in [5, 5.41) is 43.3. The predicted octanol–water partition coefficient (Wildman–Crippen LogP) is 8.76. The Kier molecular flexibility index (Phi) is 18.7. The molecule has 7 aromatic rings. The molecule has 4 amide bonds. The number of aromatic carboxylic acids is 1. The van der Waals surface area contributed by atoms with Gasteiger partial charge in [0.1, 0.15) is 17.6 Å². The minimum atomic E-state index is -1.14. The number of piperidine rings is 1. The number of amides is 4. The van der Waals surface area contributed by atoms with Crippen LogP contribution in [0.1, 0.15) is 133 Å². The smallest absolute Gasteiger partial charge is 0.355 e. The highest BCUT2D eigenvalue weighted by Crippen LogP contribution is 2.72. The molecule has 2 aromatic carbocycles. The topological polar surface area (TPSA) is 288 Å². The Morgan fingerprint density at radius 1 is 0.793 bits per heavy atom. The van der Waals surface area contributed by atoms with Crippen LogP contribution in [0.2, 0.25) is 0 Å². The van der Waals surface area contributed by atoms with Gasteiger partial charge in [-0.15, -0.1) is 15.3 Å². The number of likely N-dealkylation sites (N-methyl/N-ethyl adjacent to an activating group) is 1. The molecule has 4 bridgehead atoms. The summed E-state index contributed by atoms with van der Waals surface area (Å²) in [6, 6.07) is 17.5. The van der Waals surface area contributed by atoms with Crippen molar-refractivity contribution >= 4 is 79.4 Å². The van der Waals surface area contributed by atoms with Gasteiger partial charge in [0.05, 0.1) is 85.6 Å². The van der Waals surface area contributed by atoms with E-state index in [9.17, 15) is 29.1 Å². The third-order valence-corrected chi connectivity index (χ3v) is 19.4. The molecule has 92 heavy (non-hydrogen) atoms. The lowest BCUT2D eigenvalue weighted by Crippen LogP contribution is -2.64. The zero-order chi connectivity index (χ0) is 64.4. The Bertz CT molecular complexity index is 3850. The molecule has 0 radical (unpaired) electrons. The van der Waals surface area contributed by atoms with Gasteiger partial charge >= 0.3 is 5.97 Å². The molecule has 13 rings (SSSR count). The Labute approximate surface area is 537 Å². The van der Waals surface area contributed by atoms with Crippen LogP contribution in [0.3, 0.4) is 0 Å². The maximum atomic E-state index is 13.4. The van der Waals surface area contributed by atoms with Crippen molar-refractivity contribution in [2.24, 2.45) is 16.2 Å². The van der Waals surface area contributed by atoms with Crippen LogP contribution in [0.15, 0.2) is 73.1 Å². The summed E-state index contributed by atoms with van der Waals surface area (Å²) in [7, 11) is 4.18. The van der Waals surface area contributed by atoms with E-state index in [4.69, 9.17) is 39.1 Å². The van der Waals surface area contributed by atoms with Gasteiger partial charge in [-0.25, -0.2) is 14.8 Å². The Hall–Kier alpha value is -8.14. The number of carbonyl (C=O) groups excluding carboxylic acids is 4. The van der Waals surface area contributed by atoms with Gasteiger partial charge < -0.3 is 44.5 Å². The van der Waals surface area contributed by atoms with Crippen LogP contribution in [0.4, 0.5) is 28.3 Å². The van der Waals surface area contributed by atoms with Crippen LogP contribution in [0, 0.1) is 30.1 Å². The van der Waals surface area contributed by atoms with Crippen LogP contribution in [0.25, 0.3) is 21.3 Å². The number of ether oxygens (including phenoxy) is 4. The fraction of sp³-hybridized carbons (Fsp3) is 0.515. The van der Waals surface area contributed by atoms with E-state index >= 15 is 0 Å². The van der Waals surface area contributed by atoms with E-state index in [2.05, 4.69) is 68.9 Å². The van der Waals surface area contributed by atoms with Gasteiger partial charge in [-0.1, -0.05) is 48.6 Å². The minimum Gasteiger partial charge on any atom is -0.476 e. The molecule has 3 unspecified atom stereocenters. The number of thiazole rings is 1. The molecular formula is C66H81N15O10S. The lowest BCUT2D eigenvalue weighted by molar-refractivity contribution is -0.248. The fourth-order valence-electron chi connectivity index (χ4n) is 15.6. The quantitative estimate of drug-likeness (QED) is 0.0233. The second-order valence-electron chi connectivity index (χ2n) is 26.6. The number of carboxylic acids is 1. The van der Waals surface area contributed by atoms with Crippen LogP contribution < -0.4 is 20.9 Å². The molecule has 486 valence electrons. The van der Waals surface area contributed by atoms with Crippen molar-refractivity contribution in [1.82, 2.24) is 60.1 Å². The monoisotopic (exact) mass is 1280 g/mol. The summed E-state index contributed by atoms with van der Waals surface area (Å²) in [5.74, 6) is -1.83.